The Hall–Kier alpha value is -1.28. The molecule has 0 unspecified atom stereocenters. The third kappa shape index (κ3) is 1.77. The molecule has 1 aliphatic rings. The van der Waals surface area contributed by atoms with E-state index in [4.69, 9.17) is 11.6 Å². The molecule has 2 nitrogen and oxygen atoms in total. The lowest BCUT2D eigenvalue weighted by atomic mass is 9.99. The zero-order valence-corrected chi connectivity index (χ0v) is 10.3. The Balaban J connectivity index is 2.20. The van der Waals surface area contributed by atoms with E-state index in [0.29, 0.717) is 10.9 Å². The number of benzene rings is 1. The molecule has 17 heavy (non-hydrogen) atoms. The number of nitrogens with one attached hydrogen (secondary N) is 1. The molecule has 0 amide bonds. The van der Waals surface area contributed by atoms with Crippen LogP contribution in [-0.4, -0.2) is 11.3 Å². The largest absolute Gasteiger partial charge is 0.358 e. The number of hydrogen-bond donors (Lipinski definition) is 1. The smallest absolute Gasteiger partial charge is 0.152 e. The van der Waals surface area contributed by atoms with Crippen LogP contribution in [0.15, 0.2) is 18.2 Å². The first-order valence-corrected chi connectivity index (χ1v) is 6.43. The first kappa shape index (κ1) is 10.8. The fourth-order valence-electron chi connectivity index (χ4n) is 2.87. The third-order valence-electron chi connectivity index (χ3n) is 3.71. The summed E-state index contributed by atoms with van der Waals surface area (Å²) in [6, 6.07) is 5.67. The molecule has 2 aromatic rings. The molecular weight excluding hydrogens is 234 g/mol. The van der Waals surface area contributed by atoms with E-state index in [1.54, 1.807) is 0 Å². The maximum absolute atomic E-state index is 11.3. The van der Waals surface area contributed by atoms with E-state index >= 15 is 0 Å². The van der Waals surface area contributed by atoms with E-state index < -0.39 is 0 Å². The van der Waals surface area contributed by atoms with Crippen molar-refractivity contribution in [1.29, 1.82) is 0 Å². The molecule has 1 aromatic heterocycles. The van der Waals surface area contributed by atoms with Gasteiger partial charge in [0.2, 0.25) is 0 Å². The molecule has 1 N–H and O–H groups in total. The molecule has 0 radical (unpaired) electrons. The van der Waals surface area contributed by atoms with Gasteiger partial charge in [0, 0.05) is 27.2 Å². The molecular formula is C14H14ClNO. The Kier molecular flexibility index (Phi) is 2.67. The molecule has 1 saturated carbocycles. The predicted molar refractivity (Wildman–Crippen MR) is 69.9 cm³/mol. The van der Waals surface area contributed by atoms with Crippen molar-refractivity contribution >= 4 is 28.8 Å². The van der Waals surface area contributed by atoms with E-state index in [2.05, 4.69) is 4.98 Å². The highest BCUT2D eigenvalue weighted by atomic mass is 35.5. The Labute approximate surface area is 105 Å². The molecule has 3 heteroatoms. The number of carbonyl (C=O) groups excluding carboxylic acids is 1. The van der Waals surface area contributed by atoms with Crippen LogP contribution in [0.25, 0.3) is 10.9 Å². The van der Waals surface area contributed by atoms with Crippen LogP contribution in [0, 0.1) is 0 Å². The van der Waals surface area contributed by atoms with Crippen LogP contribution < -0.4 is 0 Å². The summed E-state index contributed by atoms with van der Waals surface area (Å²) in [6.07, 6.45) is 5.85. The van der Waals surface area contributed by atoms with Crippen LogP contribution in [-0.2, 0) is 0 Å². The van der Waals surface area contributed by atoms with Crippen LogP contribution in [0.5, 0.6) is 0 Å². The summed E-state index contributed by atoms with van der Waals surface area (Å²) in [5.74, 6) is 0.515. The average Bonchev–Trinajstić information content (AvgIpc) is 2.94. The van der Waals surface area contributed by atoms with Crippen molar-refractivity contribution in [2.75, 3.05) is 0 Å². The van der Waals surface area contributed by atoms with E-state index in [-0.39, 0.29) is 0 Å². The van der Waals surface area contributed by atoms with E-state index in [1.165, 1.54) is 25.7 Å². The SMILES string of the molecule is O=Cc1c(C2CCCC2)[nH]c2ccc(Cl)cc12. The first-order chi connectivity index (χ1) is 8.29. The highest BCUT2D eigenvalue weighted by molar-refractivity contribution is 6.31. The Morgan fingerprint density at radius 2 is 2.06 bits per heavy atom. The first-order valence-electron chi connectivity index (χ1n) is 6.06. The van der Waals surface area contributed by atoms with Gasteiger partial charge in [-0.3, -0.25) is 4.79 Å². The van der Waals surface area contributed by atoms with Crippen LogP contribution in [0.3, 0.4) is 0 Å². The van der Waals surface area contributed by atoms with Gasteiger partial charge in [0.1, 0.15) is 0 Å². The molecule has 0 spiro atoms. The fourth-order valence-corrected chi connectivity index (χ4v) is 3.04. The monoisotopic (exact) mass is 247 g/mol. The van der Waals surface area contributed by atoms with Gasteiger partial charge in [0.05, 0.1) is 0 Å². The third-order valence-corrected chi connectivity index (χ3v) is 3.95. The fraction of sp³-hybridized carbons (Fsp3) is 0.357. The van der Waals surface area contributed by atoms with Crippen molar-refractivity contribution < 1.29 is 4.79 Å². The predicted octanol–water partition coefficient (Wildman–Crippen LogP) is 4.29. The molecule has 0 aliphatic heterocycles. The van der Waals surface area contributed by atoms with Gasteiger partial charge < -0.3 is 4.98 Å². The number of H-pyrrole nitrogens is 1. The second kappa shape index (κ2) is 4.19. The van der Waals surface area contributed by atoms with Crippen molar-refractivity contribution in [2.24, 2.45) is 0 Å². The number of carbonyl (C=O) groups is 1. The summed E-state index contributed by atoms with van der Waals surface area (Å²) in [7, 11) is 0. The highest BCUT2D eigenvalue weighted by Gasteiger charge is 2.23. The van der Waals surface area contributed by atoms with Gasteiger partial charge in [-0.05, 0) is 37.0 Å². The number of halogens is 1. The second-order valence-electron chi connectivity index (χ2n) is 4.74. The summed E-state index contributed by atoms with van der Waals surface area (Å²) in [5.41, 5.74) is 2.92. The maximum atomic E-state index is 11.3. The minimum atomic E-state index is 0.515. The van der Waals surface area contributed by atoms with Crippen LogP contribution in [0.2, 0.25) is 5.02 Å². The molecule has 1 fully saturated rings. The molecule has 1 aromatic carbocycles. The number of fused-ring (bicyclic) bond motifs is 1. The summed E-state index contributed by atoms with van der Waals surface area (Å²) in [6.45, 7) is 0. The van der Waals surface area contributed by atoms with Crippen molar-refractivity contribution in [1.82, 2.24) is 4.98 Å². The number of hydrogen-bond acceptors (Lipinski definition) is 1. The van der Waals surface area contributed by atoms with E-state index in [0.717, 1.165) is 28.4 Å². The van der Waals surface area contributed by atoms with Gasteiger partial charge in [-0.15, -0.1) is 0 Å². The minimum absolute atomic E-state index is 0.515. The lowest BCUT2D eigenvalue weighted by Crippen LogP contribution is -1.96. The molecule has 0 bridgehead atoms. The summed E-state index contributed by atoms with van der Waals surface area (Å²) >= 11 is 5.99. The van der Waals surface area contributed by atoms with Gasteiger partial charge in [-0.25, -0.2) is 0 Å². The standard InChI is InChI=1S/C14H14ClNO/c15-10-5-6-13-11(7-10)12(8-17)14(16-13)9-3-1-2-4-9/h5-9,16H,1-4H2. The van der Waals surface area contributed by atoms with Crippen LogP contribution in [0.1, 0.15) is 47.7 Å². The Morgan fingerprint density at radius 3 is 2.76 bits per heavy atom. The second-order valence-corrected chi connectivity index (χ2v) is 5.18. The summed E-state index contributed by atoms with van der Waals surface area (Å²) in [4.78, 5) is 14.7. The van der Waals surface area contributed by atoms with Gasteiger partial charge in [-0.1, -0.05) is 24.4 Å². The van der Waals surface area contributed by atoms with Crippen molar-refractivity contribution in [3.05, 3.63) is 34.5 Å². The zero-order valence-electron chi connectivity index (χ0n) is 9.50. The molecule has 88 valence electrons. The Morgan fingerprint density at radius 1 is 1.29 bits per heavy atom. The lowest BCUT2D eigenvalue weighted by molar-refractivity contribution is 0.112. The number of rotatable bonds is 2. The van der Waals surface area contributed by atoms with Crippen LogP contribution in [0.4, 0.5) is 0 Å². The average molecular weight is 248 g/mol. The molecule has 0 atom stereocenters. The van der Waals surface area contributed by atoms with Crippen LogP contribution >= 0.6 is 11.6 Å². The molecule has 0 saturated heterocycles. The van der Waals surface area contributed by atoms with Crippen molar-refractivity contribution in [3.8, 4) is 0 Å². The molecule has 1 aliphatic carbocycles. The van der Waals surface area contributed by atoms with E-state index in [1.807, 2.05) is 18.2 Å². The molecule has 1 heterocycles. The number of aromatic amines is 1. The summed E-state index contributed by atoms with van der Waals surface area (Å²) in [5, 5.41) is 1.63. The number of aromatic nitrogens is 1. The van der Waals surface area contributed by atoms with Gasteiger partial charge in [-0.2, -0.15) is 0 Å². The maximum Gasteiger partial charge on any atom is 0.152 e. The van der Waals surface area contributed by atoms with Crippen molar-refractivity contribution in [3.63, 3.8) is 0 Å². The minimum Gasteiger partial charge on any atom is -0.358 e. The van der Waals surface area contributed by atoms with Gasteiger partial charge in [0.15, 0.2) is 6.29 Å². The van der Waals surface area contributed by atoms with Gasteiger partial charge >= 0.3 is 0 Å². The normalized spacial score (nSPS) is 16.8. The summed E-state index contributed by atoms with van der Waals surface area (Å²) < 4.78 is 0. The molecule has 3 rings (SSSR count). The number of aldehydes is 1. The van der Waals surface area contributed by atoms with E-state index in [9.17, 15) is 4.79 Å². The Bertz CT molecular complexity index is 567. The highest BCUT2D eigenvalue weighted by Crippen LogP contribution is 2.37. The zero-order chi connectivity index (χ0) is 11.8. The van der Waals surface area contributed by atoms with Gasteiger partial charge in [0.25, 0.3) is 0 Å². The quantitative estimate of drug-likeness (QED) is 0.789. The van der Waals surface area contributed by atoms with Crippen molar-refractivity contribution in [2.45, 2.75) is 31.6 Å². The lowest BCUT2D eigenvalue weighted by Gasteiger charge is -2.07. The topological polar surface area (TPSA) is 32.9 Å².